The summed E-state index contributed by atoms with van der Waals surface area (Å²) in [5, 5.41) is 1.56. The predicted octanol–water partition coefficient (Wildman–Crippen LogP) is 3.66. The molecule has 6 heteroatoms. The molecular formula is C21H31NO5. The fourth-order valence-electron chi connectivity index (χ4n) is 3.25. The Labute approximate surface area is 161 Å². The lowest BCUT2D eigenvalue weighted by atomic mass is 9.73. The van der Waals surface area contributed by atoms with Crippen LogP contribution in [0.1, 0.15) is 59.6 Å². The number of benzene rings is 1. The van der Waals surface area contributed by atoms with E-state index in [0.717, 1.165) is 5.56 Å². The third kappa shape index (κ3) is 4.87. The second kappa shape index (κ2) is 7.60. The van der Waals surface area contributed by atoms with Gasteiger partial charge in [-0.25, -0.2) is 0 Å². The molecule has 0 aliphatic carbocycles. The molecule has 1 aromatic carbocycles. The van der Waals surface area contributed by atoms with Crippen molar-refractivity contribution < 1.29 is 23.9 Å². The van der Waals surface area contributed by atoms with Crippen molar-refractivity contribution in [1.82, 2.24) is 5.06 Å². The van der Waals surface area contributed by atoms with Gasteiger partial charge in [-0.05, 0) is 47.1 Å². The summed E-state index contributed by atoms with van der Waals surface area (Å²) in [5.41, 5.74) is -2.19. The predicted molar refractivity (Wildman–Crippen MR) is 102 cm³/mol. The van der Waals surface area contributed by atoms with Gasteiger partial charge in [-0.15, -0.1) is 0 Å². The molecule has 0 aromatic heterocycles. The van der Waals surface area contributed by atoms with Crippen LogP contribution in [0.5, 0.6) is 0 Å². The van der Waals surface area contributed by atoms with Crippen LogP contribution < -0.4 is 0 Å². The molecule has 0 N–H and O–H groups in total. The van der Waals surface area contributed by atoms with Crippen molar-refractivity contribution in [1.29, 1.82) is 0 Å². The SMILES string of the molecule is CN1OCCC(C(=O)OC(C)(C)C)(C(=O)OC(C)(C)C)C1c1ccccc1. The number of hydroxylamine groups is 2. The Bertz CT molecular complexity index is 644. The summed E-state index contributed by atoms with van der Waals surface area (Å²) in [5.74, 6) is -1.18. The number of hydrogen-bond acceptors (Lipinski definition) is 6. The number of nitrogens with zero attached hydrogens (tertiary/aromatic N) is 1. The summed E-state index contributed by atoms with van der Waals surface area (Å²) in [6.07, 6.45) is 0.181. The lowest BCUT2D eigenvalue weighted by Gasteiger charge is -2.46. The number of rotatable bonds is 3. The van der Waals surface area contributed by atoms with E-state index in [0.29, 0.717) is 0 Å². The topological polar surface area (TPSA) is 65.1 Å². The van der Waals surface area contributed by atoms with Gasteiger partial charge in [0.05, 0.1) is 12.6 Å². The van der Waals surface area contributed by atoms with Gasteiger partial charge in [0.15, 0.2) is 5.41 Å². The molecule has 0 radical (unpaired) electrons. The van der Waals surface area contributed by atoms with Gasteiger partial charge < -0.3 is 9.47 Å². The molecule has 1 heterocycles. The van der Waals surface area contributed by atoms with Crippen LogP contribution in [0.25, 0.3) is 0 Å². The van der Waals surface area contributed by atoms with Gasteiger partial charge in [-0.2, -0.15) is 5.06 Å². The minimum atomic E-state index is -1.52. The number of carbonyl (C=O) groups excluding carboxylic acids is 2. The summed E-state index contributed by atoms with van der Waals surface area (Å²) < 4.78 is 11.4. The van der Waals surface area contributed by atoms with Crippen molar-refractivity contribution in [2.75, 3.05) is 13.7 Å². The third-order valence-corrected chi connectivity index (χ3v) is 4.26. The molecule has 0 bridgehead atoms. The van der Waals surface area contributed by atoms with Gasteiger partial charge in [0.25, 0.3) is 0 Å². The van der Waals surface area contributed by atoms with Crippen molar-refractivity contribution in [2.24, 2.45) is 5.41 Å². The Balaban J connectivity index is 2.60. The molecule has 1 unspecified atom stereocenters. The van der Waals surface area contributed by atoms with Crippen LogP contribution in [-0.4, -0.2) is 41.9 Å². The van der Waals surface area contributed by atoms with E-state index in [4.69, 9.17) is 14.3 Å². The van der Waals surface area contributed by atoms with Gasteiger partial charge in [-0.1, -0.05) is 30.3 Å². The molecule has 6 nitrogen and oxygen atoms in total. The van der Waals surface area contributed by atoms with E-state index in [9.17, 15) is 9.59 Å². The number of carbonyl (C=O) groups is 2. The van der Waals surface area contributed by atoms with Gasteiger partial charge in [0, 0.05) is 13.5 Å². The summed E-state index contributed by atoms with van der Waals surface area (Å²) in [4.78, 5) is 32.5. The molecule has 1 fully saturated rings. The molecule has 1 aliphatic heterocycles. The van der Waals surface area contributed by atoms with Gasteiger partial charge in [0.1, 0.15) is 11.2 Å². The first-order valence-corrected chi connectivity index (χ1v) is 9.24. The van der Waals surface area contributed by atoms with Crippen LogP contribution in [0.3, 0.4) is 0 Å². The normalized spacial score (nSPS) is 20.8. The van der Waals surface area contributed by atoms with E-state index >= 15 is 0 Å². The van der Waals surface area contributed by atoms with Crippen LogP contribution in [0.4, 0.5) is 0 Å². The molecule has 150 valence electrons. The highest BCUT2D eigenvalue weighted by Crippen LogP contribution is 2.47. The smallest absolute Gasteiger partial charge is 0.326 e. The quantitative estimate of drug-likeness (QED) is 0.592. The maximum absolute atomic E-state index is 13.4. The minimum Gasteiger partial charge on any atom is -0.459 e. The summed E-state index contributed by atoms with van der Waals surface area (Å²) in [6.45, 7) is 10.9. The highest BCUT2D eigenvalue weighted by molar-refractivity contribution is 6.01. The van der Waals surface area contributed by atoms with E-state index < -0.39 is 34.6 Å². The minimum absolute atomic E-state index is 0.181. The van der Waals surface area contributed by atoms with E-state index in [1.165, 1.54) is 0 Å². The lowest BCUT2D eigenvalue weighted by molar-refractivity contribution is -0.252. The highest BCUT2D eigenvalue weighted by Gasteiger charge is 2.60. The molecule has 0 saturated carbocycles. The van der Waals surface area contributed by atoms with Crippen LogP contribution in [0.15, 0.2) is 30.3 Å². The molecular weight excluding hydrogens is 346 g/mol. The van der Waals surface area contributed by atoms with Gasteiger partial charge >= 0.3 is 11.9 Å². The zero-order chi connectivity index (χ0) is 20.5. The Morgan fingerprint density at radius 1 is 1.00 bits per heavy atom. The van der Waals surface area contributed by atoms with E-state index in [2.05, 4.69) is 0 Å². The molecule has 1 aromatic rings. The van der Waals surface area contributed by atoms with E-state index in [1.807, 2.05) is 30.3 Å². The Morgan fingerprint density at radius 2 is 1.48 bits per heavy atom. The Hall–Kier alpha value is -1.92. The summed E-state index contributed by atoms with van der Waals surface area (Å²) in [6, 6.07) is 8.71. The molecule has 2 rings (SSSR count). The fourth-order valence-corrected chi connectivity index (χ4v) is 3.25. The number of esters is 2. The average molecular weight is 377 g/mol. The molecule has 1 atom stereocenters. The lowest BCUT2D eigenvalue weighted by Crippen LogP contribution is -2.57. The largest absolute Gasteiger partial charge is 0.459 e. The molecule has 1 saturated heterocycles. The fraction of sp³-hybridized carbons (Fsp3) is 0.619. The van der Waals surface area contributed by atoms with E-state index in [-0.39, 0.29) is 13.0 Å². The standard InChI is InChI=1S/C21H31NO5/c1-19(2,3)26-17(23)21(18(24)27-20(4,5)6)13-14-25-22(7)16(21)15-11-9-8-10-12-15/h8-12,16H,13-14H2,1-7H3. The maximum atomic E-state index is 13.4. The van der Waals surface area contributed by atoms with Crippen molar-refractivity contribution >= 4 is 11.9 Å². The zero-order valence-corrected chi connectivity index (χ0v) is 17.4. The molecule has 27 heavy (non-hydrogen) atoms. The second-order valence-corrected chi connectivity index (χ2v) is 8.92. The van der Waals surface area contributed by atoms with Crippen molar-refractivity contribution in [3.63, 3.8) is 0 Å². The van der Waals surface area contributed by atoms with Gasteiger partial charge in [-0.3, -0.25) is 14.4 Å². The van der Waals surface area contributed by atoms with Crippen LogP contribution >= 0.6 is 0 Å². The molecule has 1 aliphatic rings. The molecule has 0 spiro atoms. The first kappa shape index (κ1) is 21.4. The molecule has 0 amide bonds. The first-order valence-electron chi connectivity index (χ1n) is 9.24. The third-order valence-electron chi connectivity index (χ3n) is 4.26. The van der Waals surface area contributed by atoms with E-state index in [1.54, 1.807) is 53.7 Å². The Kier molecular flexibility index (Phi) is 6.02. The maximum Gasteiger partial charge on any atom is 0.326 e. The number of hydrogen-bond donors (Lipinski definition) is 0. The van der Waals surface area contributed by atoms with Crippen LogP contribution in [-0.2, 0) is 23.9 Å². The van der Waals surface area contributed by atoms with Gasteiger partial charge in [0.2, 0.25) is 0 Å². The zero-order valence-electron chi connectivity index (χ0n) is 17.4. The summed E-state index contributed by atoms with van der Waals surface area (Å²) in [7, 11) is 1.72. The first-order chi connectivity index (χ1) is 12.4. The average Bonchev–Trinajstić information content (AvgIpc) is 2.51. The van der Waals surface area contributed by atoms with Crippen LogP contribution in [0, 0.1) is 5.41 Å². The van der Waals surface area contributed by atoms with Crippen molar-refractivity contribution in [2.45, 2.75) is 65.2 Å². The number of ether oxygens (including phenoxy) is 2. The Morgan fingerprint density at radius 3 is 1.93 bits per heavy atom. The monoisotopic (exact) mass is 377 g/mol. The van der Waals surface area contributed by atoms with Crippen LogP contribution in [0.2, 0.25) is 0 Å². The summed E-state index contributed by atoms with van der Waals surface area (Å²) >= 11 is 0. The second-order valence-electron chi connectivity index (χ2n) is 8.92. The van der Waals surface area contributed by atoms with Crippen molar-refractivity contribution in [3.05, 3.63) is 35.9 Å². The van der Waals surface area contributed by atoms with Crippen molar-refractivity contribution in [3.8, 4) is 0 Å². The highest BCUT2D eigenvalue weighted by atomic mass is 16.7.